The van der Waals surface area contributed by atoms with E-state index in [2.05, 4.69) is 0 Å². The molecule has 0 unspecified atom stereocenters. The van der Waals surface area contributed by atoms with E-state index in [1.54, 1.807) is 49.4 Å². The molecule has 2 heterocycles. The molecule has 5 nitrogen and oxygen atoms in total. The van der Waals surface area contributed by atoms with E-state index in [-0.39, 0.29) is 10.6 Å². The van der Waals surface area contributed by atoms with Crippen molar-refractivity contribution in [2.45, 2.75) is 44.6 Å². The summed E-state index contributed by atoms with van der Waals surface area (Å²) in [6, 6.07) is 13.7. The smallest absolute Gasteiger partial charge is 0.314 e. The Morgan fingerprint density at radius 1 is 0.968 bits per heavy atom. The molecule has 1 saturated heterocycles. The van der Waals surface area contributed by atoms with E-state index in [4.69, 9.17) is 16.3 Å². The third kappa shape index (κ3) is 2.79. The normalized spacial score (nSPS) is 25.8. The number of imide groups is 1. The van der Waals surface area contributed by atoms with Crippen LogP contribution in [0.5, 0.6) is 0 Å². The van der Waals surface area contributed by atoms with Crippen molar-refractivity contribution in [1.29, 1.82) is 0 Å². The van der Waals surface area contributed by atoms with Crippen LogP contribution in [0.25, 0.3) is 0 Å². The molecule has 0 bridgehead atoms. The van der Waals surface area contributed by atoms with Gasteiger partial charge < -0.3 is 4.74 Å². The molecule has 2 amide bonds. The number of carbonyl (C=O) groups is 3. The lowest BCUT2D eigenvalue weighted by atomic mass is 9.72. The lowest BCUT2D eigenvalue weighted by molar-refractivity contribution is -0.158. The Bertz CT molecular complexity index is 1130. The Labute approximate surface area is 185 Å². The van der Waals surface area contributed by atoms with Gasteiger partial charge in [0.05, 0.1) is 11.6 Å². The molecule has 2 aromatic carbocycles. The van der Waals surface area contributed by atoms with Gasteiger partial charge in [0.2, 0.25) is 5.60 Å². The van der Waals surface area contributed by atoms with Crippen molar-refractivity contribution in [3.05, 3.63) is 75.8 Å². The molecule has 2 fully saturated rings. The number of amides is 2. The highest BCUT2D eigenvalue weighted by molar-refractivity contribution is 6.36. The summed E-state index contributed by atoms with van der Waals surface area (Å²) in [5.74, 6) is -2.08. The quantitative estimate of drug-likeness (QED) is 0.352. The van der Waals surface area contributed by atoms with Gasteiger partial charge in [0.15, 0.2) is 0 Å². The van der Waals surface area contributed by atoms with E-state index in [1.165, 1.54) is 0 Å². The van der Waals surface area contributed by atoms with E-state index in [0.717, 1.165) is 42.6 Å². The molecule has 0 N–H and O–H groups in total. The summed E-state index contributed by atoms with van der Waals surface area (Å²) in [6.45, 7) is 1.78. The van der Waals surface area contributed by atoms with Crippen molar-refractivity contribution in [3.63, 3.8) is 0 Å². The zero-order valence-corrected chi connectivity index (χ0v) is 17.9. The van der Waals surface area contributed by atoms with Gasteiger partial charge in [-0.1, -0.05) is 47.9 Å². The van der Waals surface area contributed by atoms with Gasteiger partial charge in [0, 0.05) is 21.7 Å². The Morgan fingerprint density at radius 3 is 2.39 bits per heavy atom. The van der Waals surface area contributed by atoms with Gasteiger partial charge in [0.25, 0.3) is 11.8 Å². The van der Waals surface area contributed by atoms with E-state index in [9.17, 15) is 14.4 Å². The van der Waals surface area contributed by atoms with Crippen LogP contribution >= 0.6 is 11.6 Å². The fraction of sp³-hybridized carbons (Fsp3) is 0.320. The molecule has 5 rings (SSSR count). The summed E-state index contributed by atoms with van der Waals surface area (Å²) in [6.07, 6.45) is 4.74. The van der Waals surface area contributed by atoms with Crippen LogP contribution in [0.15, 0.2) is 59.7 Å². The van der Waals surface area contributed by atoms with Crippen LogP contribution in [0.4, 0.5) is 5.69 Å². The highest BCUT2D eigenvalue weighted by Crippen LogP contribution is 2.54. The monoisotopic (exact) mass is 435 g/mol. The average Bonchev–Trinajstić information content (AvgIpc) is 3.05. The highest BCUT2D eigenvalue weighted by atomic mass is 35.5. The number of carbonyl (C=O) groups excluding carboxylic acids is 3. The first-order valence-electron chi connectivity index (χ1n) is 10.6. The predicted octanol–water partition coefficient (Wildman–Crippen LogP) is 5.18. The average molecular weight is 436 g/mol. The number of rotatable bonds is 1. The molecule has 1 aliphatic carbocycles. The van der Waals surface area contributed by atoms with Gasteiger partial charge in [-0.05, 0) is 56.9 Å². The summed E-state index contributed by atoms with van der Waals surface area (Å²) in [4.78, 5) is 41.7. The number of hydrogen-bond acceptors (Lipinski definition) is 4. The fourth-order valence-corrected chi connectivity index (χ4v) is 5.52. The van der Waals surface area contributed by atoms with E-state index in [1.807, 2.05) is 6.07 Å². The number of nitrogens with zero attached hydrogens (tertiary/aromatic N) is 1. The lowest BCUT2D eigenvalue weighted by Crippen LogP contribution is -2.56. The van der Waals surface area contributed by atoms with Gasteiger partial charge in [-0.25, -0.2) is 4.90 Å². The molecule has 0 aromatic heterocycles. The number of hydrogen-bond donors (Lipinski definition) is 0. The zero-order valence-electron chi connectivity index (χ0n) is 17.2. The first-order chi connectivity index (χ1) is 15.0. The number of fused-ring (bicyclic) bond motifs is 2. The van der Waals surface area contributed by atoms with Gasteiger partial charge in [-0.2, -0.15) is 0 Å². The highest BCUT2D eigenvalue weighted by Gasteiger charge is 2.63. The summed E-state index contributed by atoms with van der Waals surface area (Å²) in [5.41, 5.74) is 1.05. The van der Waals surface area contributed by atoms with E-state index in [0.29, 0.717) is 16.8 Å². The molecular weight excluding hydrogens is 414 g/mol. The summed E-state index contributed by atoms with van der Waals surface area (Å²) in [5, 5.41) is 0.253. The molecule has 158 valence electrons. The van der Waals surface area contributed by atoms with E-state index < -0.39 is 29.3 Å². The molecule has 2 aliphatic heterocycles. The predicted molar refractivity (Wildman–Crippen MR) is 117 cm³/mol. The van der Waals surface area contributed by atoms with Crippen LogP contribution in [0.2, 0.25) is 5.02 Å². The second kappa shape index (κ2) is 7.34. The fourth-order valence-electron chi connectivity index (χ4n) is 5.21. The number of para-hydroxylation sites is 1. The summed E-state index contributed by atoms with van der Waals surface area (Å²) in [7, 11) is 0. The minimum absolute atomic E-state index is 0.253. The Morgan fingerprint density at radius 2 is 1.68 bits per heavy atom. The molecule has 31 heavy (non-hydrogen) atoms. The number of anilines is 1. The molecular formula is C25H22ClNO4. The Kier molecular flexibility index (Phi) is 4.74. The van der Waals surface area contributed by atoms with Crippen LogP contribution in [0.3, 0.4) is 0 Å². The van der Waals surface area contributed by atoms with Crippen LogP contribution < -0.4 is 4.90 Å². The SMILES string of the molecule is C[C@@H]1C(=O)O[C@]2(C(=O)N(c3ccccc3)C(=O)c3cccc(Cl)c32)C1=C1CCCCC1. The zero-order chi connectivity index (χ0) is 21.8. The first-order valence-corrected chi connectivity index (χ1v) is 11.0. The lowest BCUT2D eigenvalue weighted by Gasteiger charge is -2.40. The summed E-state index contributed by atoms with van der Waals surface area (Å²) >= 11 is 6.60. The summed E-state index contributed by atoms with van der Waals surface area (Å²) < 4.78 is 5.96. The number of esters is 1. The Balaban J connectivity index is 1.84. The van der Waals surface area contributed by atoms with Crippen molar-refractivity contribution in [2.75, 3.05) is 4.90 Å². The topological polar surface area (TPSA) is 63.7 Å². The molecule has 2 aromatic rings. The molecule has 0 radical (unpaired) electrons. The van der Waals surface area contributed by atoms with Crippen molar-refractivity contribution < 1.29 is 19.1 Å². The maximum Gasteiger partial charge on any atom is 0.314 e. The van der Waals surface area contributed by atoms with E-state index >= 15 is 0 Å². The van der Waals surface area contributed by atoms with Crippen LogP contribution in [0, 0.1) is 5.92 Å². The number of ether oxygens (including phenoxy) is 1. The van der Waals surface area contributed by atoms with Crippen LogP contribution in [-0.4, -0.2) is 17.8 Å². The van der Waals surface area contributed by atoms with Crippen molar-refractivity contribution >= 4 is 35.1 Å². The third-order valence-corrected chi connectivity index (χ3v) is 6.89. The molecule has 3 aliphatic rings. The van der Waals surface area contributed by atoms with Gasteiger partial charge in [-0.3, -0.25) is 14.4 Å². The minimum Gasteiger partial charge on any atom is -0.439 e. The van der Waals surface area contributed by atoms with Gasteiger partial charge >= 0.3 is 5.97 Å². The second-order valence-corrected chi connectivity index (χ2v) is 8.75. The Hall–Kier alpha value is -2.92. The number of halogens is 1. The molecule has 6 heteroatoms. The maximum atomic E-state index is 14.2. The number of allylic oxidation sites excluding steroid dienone is 1. The van der Waals surface area contributed by atoms with Gasteiger partial charge in [0.1, 0.15) is 0 Å². The van der Waals surface area contributed by atoms with Crippen molar-refractivity contribution in [3.8, 4) is 0 Å². The van der Waals surface area contributed by atoms with Crippen molar-refractivity contribution in [1.82, 2.24) is 0 Å². The molecule has 1 spiro atoms. The number of benzene rings is 2. The molecule has 1 saturated carbocycles. The standard InChI is InChI=1S/C25H22ClNO4/c1-15-20(16-9-4-2-5-10-16)25(31-23(15)29)21-18(13-8-14-19(21)26)22(28)27(24(25)30)17-11-6-3-7-12-17/h3,6-8,11-15H,2,4-5,9-10H2,1H3/t15-,25+/m0/s1. The largest absolute Gasteiger partial charge is 0.439 e. The maximum absolute atomic E-state index is 14.2. The van der Waals surface area contributed by atoms with Crippen LogP contribution in [0.1, 0.15) is 54.9 Å². The van der Waals surface area contributed by atoms with Crippen LogP contribution in [-0.2, 0) is 19.9 Å². The third-order valence-electron chi connectivity index (χ3n) is 6.58. The van der Waals surface area contributed by atoms with Crippen molar-refractivity contribution in [2.24, 2.45) is 5.92 Å². The molecule has 2 atom stereocenters. The second-order valence-electron chi connectivity index (χ2n) is 8.35. The first kappa shape index (κ1) is 20.0. The van der Waals surface area contributed by atoms with Gasteiger partial charge in [-0.15, -0.1) is 0 Å². The minimum atomic E-state index is -1.71.